The van der Waals surface area contributed by atoms with Crippen molar-refractivity contribution in [2.24, 2.45) is 0 Å². The molecule has 0 saturated heterocycles. The van der Waals surface area contributed by atoms with Crippen LogP contribution in [0.25, 0.3) is 0 Å². The summed E-state index contributed by atoms with van der Waals surface area (Å²) in [6.07, 6.45) is 1.89. The molecule has 10 heavy (non-hydrogen) atoms. The van der Waals surface area contributed by atoms with Crippen molar-refractivity contribution in [3.63, 3.8) is 0 Å². The summed E-state index contributed by atoms with van der Waals surface area (Å²) >= 11 is 3.24. The van der Waals surface area contributed by atoms with Gasteiger partial charge >= 0.3 is 0 Å². The second kappa shape index (κ2) is 3.73. The zero-order chi connectivity index (χ0) is 7.40. The number of nitrogens with zero attached hydrogens (tertiary/aromatic N) is 2. The fourth-order valence-electron chi connectivity index (χ4n) is 0.421. The molecule has 1 aromatic heterocycles. The molecule has 1 rings (SSSR count). The molecule has 0 aliphatic rings. The third kappa shape index (κ3) is 2.11. The first kappa shape index (κ1) is 7.75. The van der Waals surface area contributed by atoms with E-state index in [0.717, 1.165) is 4.34 Å². The van der Waals surface area contributed by atoms with Gasteiger partial charge in [0.2, 0.25) is 0 Å². The lowest BCUT2D eigenvalue weighted by Gasteiger charge is -1.98. The van der Waals surface area contributed by atoms with E-state index in [-0.39, 0.29) is 0 Å². The predicted octanol–water partition coefficient (Wildman–Crippen LogP) is 2.20. The molecule has 0 aliphatic carbocycles. The molecular weight excluding hydrogens is 164 g/mol. The number of rotatable bonds is 3. The Hall–Kier alpha value is -0.350. The monoisotopic (exact) mass is 172 g/mol. The van der Waals surface area contributed by atoms with E-state index in [9.17, 15) is 0 Å². The minimum Gasteiger partial charge on any atom is -0.146 e. The molecule has 54 valence electrons. The van der Waals surface area contributed by atoms with Crippen molar-refractivity contribution < 1.29 is 0 Å². The Balaban J connectivity index is 2.47. The van der Waals surface area contributed by atoms with Crippen LogP contribution in [0.4, 0.5) is 0 Å². The fraction of sp³-hybridized carbons (Fsp3) is 0.333. The highest BCUT2D eigenvalue weighted by atomic mass is 32.2. The quantitative estimate of drug-likeness (QED) is 0.516. The van der Waals surface area contributed by atoms with Gasteiger partial charge < -0.3 is 0 Å². The Morgan fingerprint density at radius 2 is 2.70 bits per heavy atom. The second-order valence-corrected chi connectivity index (χ2v) is 4.22. The van der Waals surface area contributed by atoms with E-state index in [2.05, 4.69) is 23.7 Å². The van der Waals surface area contributed by atoms with Crippen molar-refractivity contribution in [3.05, 3.63) is 18.2 Å². The van der Waals surface area contributed by atoms with Crippen molar-refractivity contribution in [1.82, 2.24) is 10.2 Å². The maximum absolute atomic E-state index is 3.89. The molecule has 0 radical (unpaired) electrons. The summed E-state index contributed by atoms with van der Waals surface area (Å²) in [7, 11) is 0. The number of hydrogen-bond acceptors (Lipinski definition) is 4. The topological polar surface area (TPSA) is 25.8 Å². The molecule has 4 heteroatoms. The van der Waals surface area contributed by atoms with Crippen LogP contribution in [-0.4, -0.2) is 15.4 Å². The third-order valence-corrected chi connectivity index (χ3v) is 2.87. The van der Waals surface area contributed by atoms with Gasteiger partial charge in [0.05, 0.1) is 0 Å². The molecule has 2 nitrogen and oxygen atoms in total. The minimum atomic E-state index is 0.424. The summed E-state index contributed by atoms with van der Waals surface area (Å²) in [4.78, 5) is 0. The maximum Gasteiger partial charge on any atom is 0.174 e. The molecule has 0 spiro atoms. The second-order valence-electron chi connectivity index (χ2n) is 1.76. The normalized spacial score (nSPS) is 12.9. The minimum absolute atomic E-state index is 0.424. The van der Waals surface area contributed by atoms with Crippen LogP contribution in [0.3, 0.4) is 0 Å². The van der Waals surface area contributed by atoms with Crippen LogP contribution in [-0.2, 0) is 0 Å². The largest absolute Gasteiger partial charge is 0.174 e. The van der Waals surface area contributed by atoms with Crippen LogP contribution in [0.1, 0.15) is 6.92 Å². The first-order valence-electron chi connectivity index (χ1n) is 2.88. The fourth-order valence-corrected chi connectivity index (χ4v) is 2.02. The molecular formula is C6H8N2S2. The number of hydrogen-bond donors (Lipinski definition) is 0. The predicted molar refractivity (Wildman–Crippen MR) is 45.4 cm³/mol. The Morgan fingerprint density at radius 1 is 1.90 bits per heavy atom. The summed E-state index contributed by atoms with van der Waals surface area (Å²) < 4.78 is 1.01. The average Bonchev–Trinajstić information content (AvgIpc) is 2.40. The molecule has 1 aromatic rings. The Labute approximate surface area is 68.4 Å². The molecule has 0 N–H and O–H groups in total. The zero-order valence-electron chi connectivity index (χ0n) is 5.65. The van der Waals surface area contributed by atoms with Gasteiger partial charge in [-0.05, 0) is 6.92 Å². The van der Waals surface area contributed by atoms with E-state index in [1.165, 1.54) is 0 Å². The van der Waals surface area contributed by atoms with E-state index in [0.29, 0.717) is 5.25 Å². The van der Waals surface area contributed by atoms with Crippen LogP contribution in [0.2, 0.25) is 0 Å². The molecule has 1 heterocycles. The highest BCUT2D eigenvalue weighted by Crippen LogP contribution is 2.23. The molecule has 1 atom stereocenters. The molecule has 0 fully saturated rings. The van der Waals surface area contributed by atoms with Crippen molar-refractivity contribution in [1.29, 1.82) is 0 Å². The van der Waals surface area contributed by atoms with Crippen molar-refractivity contribution in [3.8, 4) is 0 Å². The van der Waals surface area contributed by atoms with Crippen LogP contribution in [0.5, 0.6) is 0 Å². The van der Waals surface area contributed by atoms with Crippen LogP contribution >= 0.6 is 23.1 Å². The summed E-state index contributed by atoms with van der Waals surface area (Å²) in [5.41, 5.74) is 1.73. The van der Waals surface area contributed by atoms with Gasteiger partial charge in [-0.2, -0.15) is 0 Å². The van der Waals surface area contributed by atoms with Gasteiger partial charge in [0.25, 0.3) is 0 Å². The van der Waals surface area contributed by atoms with Crippen molar-refractivity contribution >= 4 is 23.1 Å². The third-order valence-electron chi connectivity index (χ3n) is 0.959. The maximum atomic E-state index is 3.89. The molecule has 1 unspecified atom stereocenters. The number of thioether (sulfide) groups is 1. The highest BCUT2D eigenvalue weighted by Gasteiger charge is 2.01. The van der Waals surface area contributed by atoms with E-state index in [1.54, 1.807) is 28.6 Å². The van der Waals surface area contributed by atoms with Crippen LogP contribution in [0, 0.1) is 0 Å². The molecule has 0 saturated carbocycles. The van der Waals surface area contributed by atoms with Gasteiger partial charge in [-0.25, -0.2) is 0 Å². The highest BCUT2D eigenvalue weighted by molar-refractivity contribution is 8.01. The van der Waals surface area contributed by atoms with Crippen LogP contribution in [0.15, 0.2) is 22.5 Å². The van der Waals surface area contributed by atoms with Gasteiger partial charge in [-0.1, -0.05) is 29.2 Å². The summed E-state index contributed by atoms with van der Waals surface area (Å²) in [6, 6.07) is 0. The summed E-state index contributed by atoms with van der Waals surface area (Å²) in [5.74, 6) is 0. The van der Waals surface area contributed by atoms with E-state index < -0.39 is 0 Å². The average molecular weight is 172 g/mol. The lowest BCUT2D eigenvalue weighted by molar-refractivity contribution is 1.01. The smallest absolute Gasteiger partial charge is 0.146 e. The SMILES string of the molecule is C=CC(C)Sc1nncs1. The van der Waals surface area contributed by atoms with Gasteiger partial charge in [-0.15, -0.1) is 16.8 Å². The van der Waals surface area contributed by atoms with E-state index in [1.807, 2.05) is 6.08 Å². The van der Waals surface area contributed by atoms with Gasteiger partial charge in [0.15, 0.2) is 4.34 Å². The number of aromatic nitrogens is 2. The Morgan fingerprint density at radius 3 is 3.20 bits per heavy atom. The van der Waals surface area contributed by atoms with E-state index >= 15 is 0 Å². The standard InChI is InChI=1S/C6H8N2S2/c1-3-5(2)10-6-8-7-4-9-6/h3-5H,1H2,2H3. The first-order valence-corrected chi connectivity index (χ1v) is 4.64. The van der Waals surface area contributed by atoms with E-state index in [4.69, 9.17) is 0 Å². The molecule has 0 aromatic carbocycles. The molecule has 0 bridgehead atoms. The Bertz CT molecular complexity index is 196. The Kier molecular flexibility index (Phi) is 2.89. The lowest BCUT2D eigenvalue weighted by Crippen LogP contribution is -1.86. The first-order chi connectivity index (χ1) is 4.83. The van der Waals surface area contributed by atoms with Crippen molar-refractivity contribution in [2.75, 3.05) is 0 Å². The van der Waals surface area contributed by atoms with Gasteiger partial charge in [0.1, 0.15) is 5.51 Å². The molecule has 0 amide bonds. The van der Waals surface area contributed by atoms with Crippen molar-refractivity contribution in [2.45, 2.75) is 16.5 Å². The van der Waals surface area contributed by atoms with Gasteiger partial charge in [-0.3, -0.25) is 0 Å². The zero-order valence-corrected chi connectivity index (χ0v) is 7.28. The summed E-state index contributed by atoms with van der Waals surface area (Å²) in [5, 5.41) is 8.03. The lowest BCUT2D eigenvalue weighted by atomic mass is 10.5. The van der Waals surface area contributed by atoms with Gasteiger partial charge in [0, 0.05) is 5.25 Å². The summed E-state index contributed by atoms with van der Waals surface area (Å²) in [6.45, 7) is 5.76. The molecule has 0 aliphatic heterocycles. The van der Waals surface area contributed by atoms with Crippen LogP contribution < -0.4 is 0 Å².